The SMILES string of the molecule is COC(=O)c1sn(C(C)(C)C)c(=S)c1C(=O)OC. The van der Waals surface area contributed by atoms with Gasteiger partial charge in [0, 0.05) is 5.54 Å². The van der Waals surface area contributed by atoms with Crippen molar-refractivity contribution in [3.63, 3.8) is 0 Å². The molecule has 0 spiro atoms. The second-order valence-corrected chi connectivity index (χ2v) is 5.89. The van der Waals surface area contributed by atoms with Crippen LogP contribution in [0.2, 0.25) is 0 Å². The minimum absolute atomic E-state index is 0.0966. The fraction of sp³-hybridized carbons (Fsp3) is 0.545. The first-order chi connectivity index (χ1) is 8.23. The summed E-state index contributed by atoms with van der Waals surface area (Å²) in [4.78, 5) is 23.6. The first kappa shape index (κ1) is 14.8. The number of nitrogens with zero attached hydrogens (tertiary/aromatic N) is 1. The molecule has 7 heteroatoms. The number of carbonyl (C=O) groups is 2. The Morgan fingerprint density at radius 3 is 2.06 bits per heavy atom. The van der Waals surface area contributed by atoms with E-state index in [2.05, 4.69) is 9.47 Å². The van der Waals surface area contributed by atoms with Gasteiger partial charge in [-0.25, -0.2) is 9.59 Å². The lowest BCUT2D eigenvalue weighted by molar-refractivity contribution is 0.0559. The molecule has 0 amide bonds. The molecule has 0 saturated heterocycles. The number of esters is 2. The van der Waals surface area contributed by atoms with Crippen molar-refractivity contribution in [1.82, 2.24) is 3.96 Å². The van der Waals surface area contributed by atoms with E-state index in [0.29, 0.717) is 4.64 Å². The summed E-state index contributed by atoms with van der Waals surface area (Å²) in [7, 11) is 2.50. The number of rotatable bonds is 2. The molecule has 0 aromatic carbocycles. The summed E-state index contributed by atoms with van der Waals surface area (Å²) in [5.41, 5.74) is -0.226. The Balaban J connectivity index is 3.57. The maximum atomic E-state index is 11.7. The van der Waals surface area contributed by atoms with E-state index in [4.69, 9.17) is 12.2 Å². The summed E-state index contributed by atoms with van der Waals surface area (Å²) in [5, 5.41) is 0. The van der Waals surface area contributed by atoms with Crippen molar-refractivity contribution < 1.29 is 19.1 Å². The van der Waals surface area contributed by atoms with Gasteiger partial charge in [0.1, 0.15) is 15.1 Å². The highest BCUT2D eigenvalue weighted by Gasteiger charge is 2.29. The minimum Gasteiger partial charge on any atom is -0.465 e. The minimum atomic E-state index is -0.625. The molecule has 1 rings (SSSR count). The molecule has 1 aromatic rings. The van der Waals surface area contributed by atoms with Gasteiger partial charge in [-0.1, -0.05) is 12.2 Å². The Labute approximate surface area is 114 Å². The summed E-state index contributed by atoms with van der Waals surface area (Å²) < 4.78 is 11.3. The summed E-state index contributed by atoms with van der Waals surface area (Å²) in [6, 6.07) is 0. The largest absolute Gasteiger partial charge is 0.465 e. The van der Waals surface area contributed by atoms with E-state index in [9.17, 15) is 9.59 Å². The molecule has 5 nitrogen and oxygen atoms in total. The van der Waals surface area contributed by atoms with Crippen LogP contribution in [0, 0.1) is 4.64 Å². The van der Waals surface area contributed by atoms with Crippen LogP contribution in [0.3, 0.4) is 0 Å². The molecular formula is C11H15NO4S2. The monoisotopic (exact) mass is 289 g/mol. The van der Waals surface area contributed by atoms with E-state index in [1.807, 2.05) is 20.8 Å². The van der Waals surface area contributed by atoms with Gasteiger partial charge in [0.15, 0.2) is 0 Å². The van der Waals surface area contributed by atoms with Crippen molar-refractivity contribution in [2.75, 3.05) is 14.2 Å². The molecule has 0 fully saturated rings. The Kier molecular flexibility index (Phi) is 4.28. The third-order valence-corrected chi connectivity index (χ3v) is 4.15. The fourth-order valence-corrected chi connectivity index (χ4v) is 3.03. The van der Waals surface area contributed by atoms with Crippen molar-refractivity contribution in [3.05, 3.63) is 15.1 Å². The van der Waals surface area contributed by atoms with Gasteiger partial charge in [-0.3, -0.25) is 3.96 Å². The number of hydrogen-bond acceptors (Lipinski definition) is 6. The van der Waals surface area contributed by atoms with Crippen LogP contribution >= 0.6 is 23.8 Å². The molecule has 0 unspecified atom stereocenters. The summed E-state index contributed by atoms with van der Waals surface area (Å²) >= 11 is 6.34. The zero-order valence-electron chi connectivity index (χ0n) is 10.9. The van der Waals surface area contributed by atoms with E-state index in [-0.39, 0.29) is 16.0 Å². The third-order valence-electron chi connectivity index (χ3n) is 2.18. The number of carbonyl (C=O) groups excluding carboxylic acids is 2. The van der Waals surface area contributed by atoms with Crippen LogP contribution in [0.25, 0.3) is 0 Å². The van der Waals surface area contributed by atoms with Crippen molar-refractivity contribution in [3.8, 4) is 0 Å². The first-order valence-electron chi connectivity index (χ1n) is 5.17. The molecule has 0 aliphatic rings. The lowest BCUT2D eigenvalue weighted by Gasteiger charge is -2.19. The van der Waals surface area contributed by atoms with Crippen LogP contribution in [0.15, 0.2) is 0 Å². The van der Waals surface area contributed by atoms with Crippen molar-refractivity contribution in [2.45, 2.75) is 26.3 Å². The van der Waals surface area contributed by atoms with Crippen molar-refractivity contribution in [2.24, 2.45) is 0 Å². The number of hydrogen-bond donors (Lipinski definition) is 0. The lowest BCUT2D eigenvalue weighted by atomic mass is 10.1. The topological polar surface area (TPSA) is 57.5 Å². The van der Waals surface area contributed by atoms with E-state index < -0.39 is 11.9 Å². The third kappa shape index (κ3) is 2.62. The maximum absolute atomic E-state index is 11.7. The van der Waals surface area contributed by atoms with Crippen molar-refractivity contribution in [1.29, 1.82) is 0 Å². The molecule has 1 heterocycles. The molecule has 0 N–H and O–H groups in total. The van der Waals surface area contributed by atoms with Gasteiger partial charge in [0.2, 0.25) is 0 Å². The van der Waals surface area contributed by atoms with E-state index in [0.717, 1.165) is 11.5 Å². The first-order valence-corrected chi connectivity index (χ1v) is 6.35. The molecule has 0 aliphatic heterocycles. The van der Waals surface area contributed by atoms with Gasteiger partial charge < -0.3 is 9.47 Å². The van der Waals surface area contributed by atoms with Gasteiger partial charge >= 0.3 is 11.9 Å². The normalized spacial score (nSPS) is 11.2. The predicted molar refractivity (Wildman–Crippen MR) is 70.8 cm³/mol. The highest BCUT2D eigenvalue weighted by atomic mass is 32.1. The Morgan fingerprint density at radius 1 is 1.17 bits per heavy atom. The molecule has 0 bridgehead atoms. The van der Waals surface area contributed by atoms with Crippen LogP contribution in [-0.4, -0.2) is 30.1 Å². The maximum Gasteiger partial charge on any atom is 0.350 e. The average molecular weight is 289 g/mol. The quantitative estimate of drug-likeness (QED) is 0.619. The zero-order valence-corrected chi connectivity index (χ0v) is 12.5. The van der Waals surface area contributed by atoms with E-state index in [1.165, 1.54) is 14.2 Å². The molecule has 0 aliphatic carbocycles. The number of ether oxygens (including phenoxy) is 2. The van der Waals surface area contributed by atoms with Crippen LogP contribution in [0.4, 0.5) is 0 Å². The summed E-state index contributed by atoms with van der Waals surface area (Å²) in [6.07, 6.45) is 0. The molecule has 18 heavy (non-hydrogen) atoms. The highest BCUT2D eigenvalue weighted by Crippen LogP contribution is 2.28. The Hall–Kier alpha value is -1.21. The van der Waals surface area contributed by atoms with Gasteiger partial charge in [-0.15, -0.1) is 0 Å². The van der Waals surface area contributed by atoms with Crippen molar-refractivity contribution >= 4 is 35.7 Å². The average Bonchev–Trinajstić information content (AvgIpc) is 2.64. The summed E-state index contributed by atoms with van der Waals surface area (Å²) in [6.45, 7) is 5.80. The van der Waals surface area contributed by atoms with Gasteiger partial charge in [-0.05, 0) is 32.3 Å². The smallest absolute Gasteiger partial charge is 0.350 e. The molecule has 1 aromatic heterocycles. The van der Waals surface area contributed by atoms with Gasteiger partial charge in [-0.2, -0.15) is 0 Å². The second-order valence-electron chi connectivity index (χ2n) is 4.55. The molecule has 0 radical (unpaired) electrons. The standard InChI is InChI=1S/C11H15NO4S2/c1-11(2,3)12-8(17)6(9(13)15-4)7(18-12)10(14)16-5/h1-5H3. The molecule has 0 saturated carbocycles. The van der Waals surface area contributed by atoms with Crippen LogP contribution in [0.1, 0.15) is 40.8 Å². The Bertz CT molecular complexity index is 536. The predicted octanol–water partition coefficient (Wildman–Crippen LogP) is 2.61. The van der Waals surface area contributed by atoms with Gasteiger partial charge in [0.25, 0.3) is 0 Å². The second kappa shape index (κ2) is 5.19. The molecule has 100 valence electrons. The van der Waals surface area contributed by atoms with Gasteiger partial charge in [0.05, 0.1) is 14.2 Å². The molecule has 0 atom stereocenters. The molecular weight excluding hydrogens is 274 g/mol. The van der Waals surface area contributed by atoms with E-state index >= 15 is 0 Å². The Morgan fingerprint density at radius 2 is 1.67 bits per heavy atom. The van der Waals surface area contributed by atoms with Crippen LogP contribution < -0.4 is 0 Å². The lowest BCUT2D eigenvalue weighted by Crippen LogP contribution is -2.19. The van der Waals surface area contributed by atoms with E-state index in [1.54, 1.807) is 3.96 Å². The number of methoxy groups -OCH3 is 2. The van der Waals surface area contributed by atoms with Crippen LogP contribution in [0.5, 0.6) is 0 Å². The highest BCUT2D eigenvalue weighted by molar-refractivity contribution is 7.71. The number of aromatic nitrogens is 1. The van der Waals surface area contributed by atoms with Crippen LogP contribution in [-0.2, 0) is 15.0 Å². The zero-order chi connectivity index (χ0) is 14.1. The summed E-state index contributed by atoms with van der Waals surface area (Å²) in [5.74, 6) is -1.21. The fourth-order valence-electron chi connectivity index (χ4n) is 1.33.